The molecule has 2 heterocycles. The van der Waals surface area contributed by atoms with Crippen molar-refractivity contribution in [3.05, 3.63) is 11.3 Å². The smallest absolute Gasteiger partial charge is 0.356 e. The monoisotopic (exact) mass is 299 g/mol. The van der Waals surface area contributed by atoms with Crippen LogP contribution in [-0.2, 0) is 23.9 Å². The lowest BCUT2D eigenvalue weighted by Gasteiger charge is -2.48. The summed E-state index contributed by atoms with van der Waals surface area (Å²) in [5.41, 5.74) is -0.354. The minimum atomic E-state index is -0.688. The van der Waals surface area contributed by atoms with Crippen LogP contribution in [0.5, 0.6) is 0 Å². The molecule has 1 saturated heterocycles. The maximum atomic E-state index is 12.2. The zero-order chi connectivity index (χ0) is 15.1. The Hall–Kier alpha value is -1.34. The van der Waals surface area contributed by atoms with E-state index in [1.54, 1.807) is 20.8 Å². The molecule has 1 fully saturated rings. The van der Waals surface area contributed by atoms with Crippen LogP contribution in [0.15, 0.2) is 11.3 Å². The van der Waals surface area contributed by atoms with E-state index in [4.69, 9.17) is 9.47 Å². The summed E-state index contributed by atoms with van der Waals surface area (Å²) >= 11 is 1.40. The summed E-state index contributed by atoms with van der Waals surface area (Å²) in [4.78, 5) is 36.7. The van der Waals surface area contributed by atoms with Gasteiger partial charge in [-0.25, -0.2) is 4.79 Å². The number of nitrogens with zero attached hydrogens (tertiary/aromatic N) is 1. The molecule has 0 N–H and O–H groups in total. The fourth-order valence-electron chi connectivity index (χ4n) is 2.10. The predicted octanol–water partition coefficient (Wildman–Crippen LogP) is 0.711. The normalized spacial score (nSPS) is 26.0. The molecular formula is C13H17NO5S. The van der Waals surface area contributed by atoms with Crippen LogP contribution >= 0.6 is 11.8 Å². The van der Waals surface area contributed by atoms with Gasteiger partial charge in [0.1, 0.15) is 23.0 Å². The number of esters is 1. The van der Waals surface area contributed by atoms with E-state index >= 15 is 0 Å². The minimum absolute atomic E-state index is 0.0528. The Kier molecular flexibility index (Phi) is 3.93. The number of methoxy groups -OCH3 is 1. The van der Waals surface area contributed by atoms with Crippen molar-refractivity contribution in [2.75, 3.05) is 12.9 Å². The number of fused-ring (bicyclic) bond motifs is 1. The van der Waals surface area contributed by atoms with Crippen molar-refractivity contribution in [1.29, 1.82) is 0 Å². The van der Waals surface area contributed by atoms with Crippen molar-refractivity contribution < 1.29 is 23.9 Å². The van der Waals surface area contributed by atoms with Crippen molar-refractivity contribution in [1.82, 2.24) is 4.90 Å². The molecule has 0 bridgehead atoms. The lowest BCUT2D eigenvalue weighted by atomic mass is 10.1. The van der Waals surface area contributed by atoms with Gasteiger partial charge in [-0.1, -0.05) is 0 Å². The second kappa shape index (κ2) is 5.21. The van der Waals surface area contributed by atoms with Gasteiger partial charge < -0.3 is 9.47 Å². The summed E-state index contributed by atoms with van der Waals surface area (Å²) in [5, 5.41) is -0.265. The zero-order valence-corrected chi connectivity index (χ0v) is 12.7. The van der Waals surface area contributed by atoms with E-state index in [0.717, 1.165) is 0 Å². The van der Waals surface area contributed by atoms with Crippen LogP contribution in [0, 0.1) is 0 Å². The molecule has 0 spiro atoms. The molecule has 0 aliphatic carbocycles. The molecule has 0 radical (unpaired) electrons. The predicted molar refractivity (Wildman–Crippen MR) is 72.8 cm³/mol. The molecular weight excluding hydrogens is 282 g/mol. The van der Waals surface area contributed by atoms with Gasteiger partial charge >= 0.3 is 5.97 Å². The number of β-lactam (4-membered cyclic amide) rings is 1. The molecule has 1 amide bonds. The summed E-state index contributed by atoms with van der Waals surface area (Å²) in [5.74, 6) is -0.593. The van der Waals surface area contributed by atoms with E-state index in [1.807, 2.05) is 0 Å². The van der Waals surface area contributed by atoms with Crippen molar-refractivity contribution in [3.8, 4) is 0 Å². The van der Waals surface area contributed by atoms with Crippen molar-refractivity contribution in [2.45, 2.75) is 37.9 Å². The molecule has 7 heteroatoms. The number of thioether (sulfide) groups is 1. The summed E-state index contributed by atoms with van der Waals surface area (Å²) in [7, 11) is 1.45. The first-order chi connectivity index (χ1) is 9.30. The molecule has 0 aromatic rings. The zero-order valence-electron chi connectivity index (χ0n) is 11.8. The number of hydrogen-bond acceptors (Lipinski definition) is 6. The fourth-order valence-corrected chi connectivity index (χ4v) is 3.41. The van der Waals surface area contributed by atoms with Crippen LogP contribution in [0.2, 0.25) is 0 Å². The molecule has 2 rings (SSSR count). The molecule has 2 aliphatic heterocycles. The minimum Gasteiger partial charge on any atom is -0.455 e. The Morgan fingerprint density at radius 2 is 2.10 bits per heavy atom. The summed E-state index contributed by atoms with van der Waals surface area (Å²) in [6, 6.07) is 0. The Balaban J connectivity index is 2.31. The third kappa shape index (κ3) is 2.47. The van der Waals surface area contributed by atoms with Gasteiger partial charge in [-0.05, 0) is 20.8 Å². The summed E-state index contributed by atoms with van der Waals surface area (Å²) < 4.78 is 10.4. The van der Waals surface area contributed by atoms with Crippen LogP contribution in [0.25, 0.3) is 0 Å². The van der Waals surface area contributed by atoms with Gasteiger partial charge in [0.05, 0.1) is 0 Å². The van der Waals surface area contributed by atoms with Crippen LogP contribution in [0.4, 0.5) is 0 Å². The SMILES string of the molecule is CO[C@@H]1C(=O)N2C(C(=O)OC(C)(C)C)=C(C=O)CSC12. The van der Waals surface area contributed by atoms with E-state index < -0.39 is 17.7 Å². The molecule has 0 aromatic heterocycles. The molecule has 2 atom stereocenters. The number of rotatable bonds is 3. The number of aldehydes is 1. The van der Waals surface area contributed by atoms with E-state index in [0.29, 0.717) is 12.0 Å². The highest BCUT2D eigenvalue weighted by Crippen LogP contribution is 2.41. The van der Waals surface area contributed by atoms with Gasteiger partial charge in [0.15, 0.2) is 6.10 Å². The standard InChI is InChI=1S/C13H17NO5S/c1-13(2,3)19-12(17)8-7(5-15)6-20-11-9(18-4)10(16)14(8)11/h5,9,11H,6H2,1-4H3/t9-,11?/m1/s1. The molecule has 20 heavy (non-hydrogen) atoms. The van der Waals surface area contributed by atoms with Gasteiger partial charge in [-0.2, -0.15) is 0 Å². The Morgan fingerprint density at radius 3 is 2.60 bits per heavy atom. The highest BCUT2D eigenvalue weighted by molar-refractivity contribution is 8.00. The van der Waals surface area contributed by atoms with Crippen LogP contribution < -0.4 is 0 Å². The average Bonchev–Trinajstić information content (AvgIpc) is 2.35. The number of carbonyl (C=O) groups excluding carboxylic acids is 3. The second-order valence-corrected chi connectivity index (χ2v) is 6.66. The second-order valence-electron chi connectivity index (χ2n) is 5.56. The Morgan fingerprint density at radius 1 is 1.45 bits per heavy atom. The maximum Gasteiger partial charge on any atom is 0.356 e. The number of amides is 1. The molecule has 1 unspecified atom stereocenters. The lowest BCUT2D eigenvalue weighted by molar-refractivity contribution is -0.166. The number of ether oxygens (including phenoxy) is 2. The molecule has 0 aromatic carbocycles. The van der Waals surface area contributed by atoms with E-state index in [1.165, 1.54) is 23.8 Å². The molecule has 6 nitrogen and oxygen atoms in total. The van der Waals surface area contributed by atoms with Crippen molar-refractivity contribution in [3.63, 3.8) is 0 Å². The lowest BCUT2D eigenvalue weighted by Crippen LogP contribution is -2.65. The first-order valence-corrected chi connectivity index (χ1v) is 7.24. The molecule has 0 saturated carbocycles. The average molecular weight is 299 g/mol. The number of carbonyl (C=O) groups is 3. The third-order valence-corrected chi connectivity index (χ3v) is 4.21. The Bertz CT molecular complexity index is 493. The van der Waals surface area contributed by atoms with Gasteiger partial charge in [-0.15, -0.1) is 11.8 Å². The molecule has 2 aliphatic rings. The van der Waals surface area contributed by atoms with E-state index in [2.05, 4.69) is 0 Å². The van der Waals surface area contributed by atoms with Crippen molar-refractivity contribution in [2.24, 2.45) is 0 Å². The van der Waals surface area contributed by atoms with E-state index in [-0.39, 0.29) is 22.6 Å². The fraction of sp³-hybridized carbons (Fsp3) is 0.615. The van der Waals surface area contributed by atoms with Crippen LogP contribution in [0.3, 0.4) is 0 Å². The maximum absolute atomic E-state index is 12.2. The van der Waals surface area contributed by atoms with Gasteiger partial charge in [-0.3, -0.25) is 14.5 Å². The quantitative estimate of drug-likeness (QED) is 0.434. The number of hydrogen-bond donors (Lipinski definition) is 0. The molecule has 110 valence electrons. The third-order valence-electron chi connectivity index (χ3n) is 2.94. The summed E-state index contributed by atoms with van der Waals surface area (Å²) in [6.07, 6.45) is 0.0428. The van der Waals surface area contributed by atoms with E-state index in [9.17, 15) is 14.4 Å². The van der Waals surface area contributed by atoms with Crippen LogP contribution in [-0.4, -0.2) is 53.0 Å². The highest BCUT2D eigenvalue weighted by atomic mass is 32.2. The van der Waals surface area contributed by atoms with Gasteiger partial charge in [0, 0.05) is 18.4 Å². The van der Waals surface area contributed by atoms with Gasteiger partial charge in [0.25, 0.3) is 5.91 Å². The first kappa shape index (κ1) is 15.1. The topological polar surface area (TPSA) is 72.9 Å². The Labute approximate surface area is 121 Å². The van der Waals surface area contributed by atoms with Crippen molar-refractivity contribution >= 4 is 29.9 Å². The van der Waals surface area contributed by atoms with Gasteiger partial charge in [0.2, 0.25) is 0 Å². The van der Waals surface area contributed by atoms with Crippen LogP contribution in [0.1, 0.15) is 20.8 Å². The summed E-state index contributed by atoms with van der Waals surface area (Å²) in [6.45, 7) is 5.20. The largest absolute Gasteiger partial charge is 0.455 e. The highest BCUT2D eigenvalue weighted by Gasteiger charge is 2.54. The first-order valence-electron chi connectivity index (χ1n) is 6.19.